The van der Waals surface area contributed by atoms with Gasteiger partial charge in [0.15, 0.2) is 18.1 Å². The SMILES string of the molecule is CCCc1ccc(OCC(=O)NN=Cc2ccc(OC(=O)c3sc4ccccc4c3Cl)c(OC)c2)cc1. The van der Waals surface area contributed by atoms with E-state index < -0.39 is 11.9 Å². The second-order valence-electron chi connectivity index (χ2n) is 8.02. The number of nitrogens with one attached hydrogen (secondary N) is 1. The average molecular weight is 537 g/mol. The van der Waals surface area contributed by atoms with Crippen LogP contribution in [0.15, 0.2) is 71.8 Å². The molecular weight excluding hydrogens is 512 g/mol. The number of carbonyl (C=O) groups excluding carboxylic acids is 2. The molecule has 37 heavy (non-hydrogen) atoms. The number of hydrogen-bond acceptors (Lipinski definition) is 7. The minimum absolute atomic E-state index is 0.164. The number of hydrogen-bond donors (Lipinski definition) is 1. The number of ether oxygens (including phenoxy) is 3. The molecule has 0 aliphatic heterocycles. The third kappa shape index (κ3) is 6.67. The van der Waals surface area contributed by atoms with Crippen LogP contribution in [0.5, 0.6) is 17.2 Å². The second kappa shape index (κ2) is 12.4. The largest absolute Gasteiger partial charge is 0.493 e. The van der Waals surface area contributed by atoms with Crippen molar-refractivity contribution >= 4 is 51.1 Å². The molecule has 1 amide bonds. The van der Waals surface area contributed by atoms with Crippen LogP contribution in [-0.4, -0.2) is 31.8 Å². The summed E-state index contributed by atoms with van der Waals surface area (Å²) in [7, 11) is 1.47. The standard InChI is InChI=1S/C28H25ClN2O5S/c1-3-6-18-9-12-20(13-10-18)35-17-25(32)31-30-16-19-11-14-22(23(15-19)34-2)36-28(33)27-26(29)21-7-4-5-8-24(21)37-27/h4-5,7-16H,3,6,17H2,1-2H3,(H,31,32). The number of halogens is 1. The molecule has 1 heterocycles. The summed E-state index contributed by atoms with van der Waals surface area (Å²) in [6.07, 6.45) is 3.53. The van der Waals surface area contributed by atoms with Crippen molar-refractivity contribution in [2.75, 3.05) is 13.7 Å². The molecule has 190 valence electrons. The fraction of sp³-hybridized carbons (Fsp3) is 0.179. The highest BCUT2D eigenvalue weighted by molar-refractivity contribution is 7.21. The Labute approximate surface area is 223 Å². The van der Waals surface area contributed by atoms with Crippen molar-refractivity contribution in [1.82, 2.24) is 5.43 Å². The Hall–Kier alpha value is -3.88. The van der Waals surface area contributed by atoms with E-state index in [0.717, 1.165) is 22.9 Å². The fourth-order valence-electron chi connectivity index (χ4n) is 3.54. The van der Waals surface area contributed by atoms with Gasteiger partial charge >= 0.3 is 5.97 Å². The van der Waals surface area contributed by atoms with Gasteiger partial charge in [-0.3, -0.25) is 4.79 Å². The maximum absolute atomic E-state index is 12.8. The van der Waals surface area contributed by atoms with Gasteiger partial charge in [0.25, 0.3) is 5.91 Å². The van der Waals surface area contributed by atoms with Gasteiger partial charge in [-0.1, -0.05) is 55.3 Å². The smallest absolute Gasteiger partial charge is 0.355 e. The molecule has 0 radical (unpaired) electrons. The lowest BCUT2D eigenvalue weighted by Crippen LogP contribution is -2.24. The molecule has 0 spiro atoms. The Balaban J connectivity index is 1.33. The Morgan fingerprint density at radius 2 is 1.84 bits per heavy atom. The van der Waals surface area contributed by atoms with Crippen molar-refractivity contribution < 1.29 is 23.8 Å². The summed E-state index contributed by atoms with van der Waals surface area (Å²) in [4.78, 5) is 25.2. The number of methoxy groups -OCH3 is 1. The molecule has 0 unspecified atom stereocenters. The summed E-state index contributed by atoms with van der Waals surface area (Å²) in [6.45, 7) is 1.96. The lowest BCUT2D eigenvalue weighted by atomic mass is 10.1. The van der Waals surface area contributed by atoms with Gasteiger partial charge in [0, 0.05) is 10.1 Å². The Bertz CT molecular complexity index is 1430. The molecule has 4 rings (SSSR count). The monoisotopic (exact) mass is 536 g/mol. The van der Waals surface area contributed by atoms with Crippen LogP contribution in [0.2, 0.25) is 5.02 Å². The maximum Gasteiger partial charge on any atom is 0.355 e. The third-order valence-corrected chi connectivity index (χ3v) is 7.00. The summed E-state index contributed by atoms with van der Waals surface area (Å²) in [6, 6.07) is 20.1. The lowest BCUT2D eigenvalue weighted by molar-refractivity contribution is -0.123. The number of thiophene rings is 1. The normalized spacial score (nSPS) is 11.0. The van der Waals surface area contributed by atoms with Crippen molar-refractivity contribution in [2.24, 2.45) is 5.10 Å². The number of nitrogens with zero attached hydrogens (tertiary/aromatic N) is 1. The summed E-state index contributed by atoms with van der Waals surface area (Å²) in [5.74, 6) is 0.215. The zero-order valence-electron chi connectivity index (χ0n) is 20.3. The highest BCUT2D eigenvalue weighted by Gasteiger charge is 2.20. The van der Waals surface area contributed by atoms with E-state index in [9.17, 15) is 9.59 Å². The topological polar surface area (TPSA) is 86.2 Å². The van der Waals surface area contributed by atoms with Gasteiger partial charge in [0.1, 0.15) is 10.6 Å². The number of benzene rings is 3. The van der Waals surface area contributed by atoms with E-state index in [0.29, 0.717) is 27.0 Å². The van der Waals surface area contributed by atoms with Crippen LogP contribution in [0, 0.1) is 0 Å². The van der Waals surface area contributed by atoms with E-state index in [4.69, 9.17) is 25.8 Å². The lowest BCUT2D eigenvalue weighted by Gasteiger charge is -2.09. The predicted molar refractivity (Wildman–Crippen MR) is 146 cm³/mol. The van der Waals surface area contributed by atoms with E-state index in [2.05, 4.69) is 17.5 Å². The molecule has 0 saturated heterocycles. The summed E-state index contributed by atoms with van der Waals surface area (Å²) < 4.78 is 17.3. The van der Waals surface area contributed by atoms with Crippen molar-refractivity contribution in [3.63, 3.8) is 0 Å². The van der Waals surface area contributed by atoms with Crippen molar-refractivity contribution in [1.29, 1.82) is 0 Å². The molecule has 0 bridgehead atoms. The quantitative estimate of drug-likeness (QED) is 0.112. The molecule has 1 N–H and O–H groups in total. The molecule has 9 heteroatoms. The zero-order valence-corrected chi connectivity index (χ0v) is 21.9. The molecule has 0 aliphatic carbocycles. The molecule has 0 aliphatic rings. The number of esters is 1. The van der Waals surface area contributed by atoms with Crippen LogP contribution < -0.4 is 19.6 Å². The van der Waals surface area contributed by atoms with Crippen LogP contribution in [0.1, 0.15) is 34.1 Å². The molecule has 0 atom stereocenters. The van der Waals surface area contributed by atoms with Crippen molar-refractivity contribution in [2.45, 2.75) is 19.8 Å². The molecular formula is C28H25ClN2O5S. The van der Waals surface area contributed by atoms with Crippen LogP contribution in [-0.2, 0) is 11.2 Å². The number of carbonyl (C=O) groups is 2. The maximum atomic E-state index is 12.8. The van der Waals surface area contributed by atoms with Crippen molar-refractivity contribution in [3.8, 4) is 17.2 Å². The second-order valence-corrected chi connectivity index (χ2v) is 9.45. The van der Waals surface area contributed by atoms with Gasteiger partial charge in [0.2, 0.25) is 0 Å². The van der Waals surface area contributed by atoms with Crippen molar-refractivity contribution in [3.05, 3.63) is 87.8 Å². The van der Waals surface area contributed by atoms with E-state index >= 15 is 0 Å². The molecule has 0 saturated carbocycles. The predicted octanol–water partition coefficient (Wildman–Crippen LogP) is 6.26. The van der Waals surface area contributed by atoms with Gasteiger partial charge in [-0.15, -0.1) is 11.3 Å². The van der Waals surface area contributed by atoms with Gasteiger partial charge < -0.3 is 14.2 Å². The average Bonchev–Trinajstić information content (AvgIpc) is 3.26. The van der Waals surface area contributed by atoms with Gasteiger partial charge in [-0.25, -0.2) is 10.2 Å². The Morgan fingerprint density at radius 3 is 2.57 bits per heavy atom. The molecule has 7 nitrogen and oxygen atoms in total. The number of amides is 1. The molecule has 0 fully saturated rings. The first kappa shape index (κ1) is 26.2. The first-order chi connectivity index (χ1) is 18.0. The fourth-order valence-corrected chi connectivity index (χ4v) is 4.93. The molecule has 3 aromatic carbocycles. The Kier molecular flexibility index (Phi) is 8.77. The van der Waals surface area contributed by atoms with E-state index in [-0.39, 0.29) is 12.4 Å². The van der Waals surface area contributed by atoms with Gasteiger partial charge in [0.05, 0.1) is 18.3 Å². The van der Waals surface area contributed by atoms with Crippen LogP contribution in [0.25, 0.3) is 10.1 Å². The molecule has 4 aromatic rings. The van der Waals surface area contributed by atoms with Gasteiger partial charge in [-0.2, -0.15) is 5.10 Å². The van der Waals surface area contributed by atoms with E-state index in [1.807, 2.05) is 48.5 Å². The number of fused-ring (bicyclic) bond motifs is 1. The highest BCUT2D eigenvalue weighted by atomic mass is 35.5. The number of rotatable bonds is 10. The Morgan fingerprint density at radius 1 is 1.05 bits per heavy atom. The summed E-state index contributed by atoms with van der Waals surface area (Å²) >= 11 is 7.66. The minimum Gasteiger partial charge on any atom is -0.493 e. The first-order valence-electron chi connectivity index (χ1n) is 11.6. The zero-order chi connectivity index (χ0) is 26.2. The summed E-state index contributed by atoms with van der Waals surface area (Å²) in [5.41, 5.74) is 4.28. The van der Waals surface area contributed by atoms with E-state index in [1.165, 1.54) is 30.2 Å². The first-order valence-corrected chi connectivity index (χ1v) is 12.8. The van der Waals surface area contributed by atoms with E-state index in [1.54, 1.807) is 18.2 Å². The minimum atomic E-state index is -0.571. The van der Waals surface area contributed by atoms with Gasteiger partial charge in [-0.05, 0) is 53.9 Å². The van der Waals surface area contributed by atoms with Crippen LogP contribution in [0.4, 0.5) is 0 Å². The molecule has 1 aromatic heterocycles. The number of aryl methyl sites for hydroxylation is 1. The van der Waals surface area contributed by atoms with Crippen LogP contribution in [0.3, 0.4) is 0 Å². The summed E-state index contributed by atoms with van der Waals surface area (Å²) in [5, 5.41) is 5.12. The third-order valence-electron chi connectivity index (χ3n) is 5.35. The highest BCUT2D eigenvalue weighted by Crippen LogP contribution is 2.37. The van der Waals surface area contributed by atoms with Crippen LogP contribution >= 0.6 is 22.9 Å². The number of hydrazone groups is 1.